The lowest BCUT2D eigenvalue weighted by Gasteiger charge is -2.21. The van der Waals surface area contributed by atoms with Crippen molar-refractivity contribution in [3.8, 4) is 0 Å². The van der Waals surface area contributed by atoms with E-state index in [1.807, 2.05) is 0 Å². The van der Waals surface area contributed by atoms with Crippen LogP contribution in [0.5, 0.6) is 0 Å². The Morgan fingerprint density at radius 1 is 0.346 bits per heavy atom. The molecule has 0 saturated carbocycles. The molecule has 3 N–H and O–H groups in total. The van der Waals surface area contributed by atoms with Gasteiger partial charge in [0.15, 0.2) is 12.2 Å². The number of hydrogen-bond donors (Lipinski definition) is 3. The summed E-state index contributed by atoms with van der Waals surface area (Å²) < 4.78 is 67.8. The van der Waals surface area contributed by atoms with Crippen molar-refractivity contribution in [3.05, 3.63) is 0 Å². The summed E-state index contributed by atoms with van der Waals surface area (Å²) in [5.41, 5.74) is 0. The summed E-state index contributed by atoms with van der Waals surface area (Å²) in [5.74, 6) is 0.678. The van der Waals surface area contributed by atoms with Crippen LogP contribution in [0.3, 0.4) is 0 Å². The molecule has 17 nitrogen and oxygen atoms in total. The average molecular weight is 1200 g/mol. The minimum atomic E-state index is -4.94. The SMILES string of the molecule is CCC(C)CCCCCCCCC(=O)O[C@H](COC(=O)CCCCCCCCC(C)C)COP(=O)(O)OC[C@H](O)COP(=O)(O)OC[C@@H](COC(=O)CCCCCCCCCCCCC(C)C)OC(=O)CCCCCCCCC(C)C. The molecular formula is C62H120O17P2. The van der Waals surface area contributed by atoms with E-state index >= 15 is 0 Å². The van der Waals surface area contributed by atoms with Gasteiger partial charge in [0, 0.05) is 25.7 Å². The zero-order valence-electron chi connectivity index (χ0n) is 52.4. The molecule has 0 aromatic carbocycles. The Labute approximate surface area is 492 Å². The molecule has 0 saturated heterocycles. The number of hydrogen-bond acceptors (Lipinski definition) is 15. The van der Waals surface area contributed by atoms with Gasteiger partial charge in [-0.05, 0) is 49.4 Å². The first kappa shape index (κ1) is 79.1. The number of ether oxygens (including phenoxy) is 4. The van der Waals surface area contributed by atoms with Gasteiger partial charge in [-0.15, -0.1) is 0 Å². The largest absolute Gasteiger partial charge is 0.472 e. The van der Waals surface area contributed by atoms with E-state index in [1.54, 1.807) is 0 Å². The third kappa shape index (κ3) is 55.7. The number of carbonyl (C=O) groups is 4. The first-order valence-corrected chi connectivity index (χ1v) is 35.2. The highest BCUT2D eigenvalue weighted by molar-refractivity contribution is 7.47. The van der Waals surface area contributed by atoms with Gasteiger partial charge in [0.2, 0.25) is 0 Å². The Morgan fingerprint density at radius 2 is 0.593 bits per heavy atom. The van der Waals surface area contributed by atoms with Gasteiger partial charge in [-0.2, -0.15) is 0 Å². The molecule has 81 heavy (non-hydrogen) atoms. The first-order valence-electron chi connectivity index (χ1n) is 32.2. The van der Waals surface area contributed by atoms with Crippen LogP contribution in [0.15, 0.2) is 0 Å². The Hall–Kier alpha value is -1.94. The van der Waals surface area contributed by atoms with Crippen molar-refractivity contribution in [2.45, 2.75) is 311 Å². The van der Waals surface area contributed by atoms with E-state index in [2.05, 4.69) is 55.4 Å². The van der Waals surface area contributed by atoms with Crippen molar-refractivity contribution in [3.63, 3.8) is 0 Å². The Morgan fingerprint density at radius 3 is 0.877 bits per heavy atom. The fourth-order valence-corrected chi connectivity index (χ4v) is 10.6. The maximum absolute atomic E-state index is 12.9. The third-order valence-corrected chi connectivity index (χ3v) is 16.3. The van der Waals surface area contributed by atoms with Crippen LogP contribution in [-0.2, 0) is 65.4 Å². The molecule has 0 rings (SSSR count). The fourth-order valence-electron chi connectivity index (χ4n) is 9.04. The highest BCUT2D eigenvalue weighted by Crippen LogP contribution is 2.45. The normalized spacial score (nSPS) is 14.8. The number of phosphoric acid groups is 2. The predicted molar refractivity (Wildman–Crippen MR) is 321 cm³/mol. The molecule has 0 radical (unpaired) electrons. The molecule has 0 bridgehead atoms. The summed E-state index contributed by atoms with van der Waals surface area (Å²) in [6.45, 7) is 13.8. The summed E-state index contributed by atoms with van der Waals surface area (Å²) in [4.78, 5) is 72.0. The number of carbonyl (C=O) groups excluding carboxylic acids is 4. The van der Waals surface area contributed by atoms with Crippen molar-refractivity contribution in [1.29, 1.82) is 0 Å². The molecule has 0 aliphatic carbocycles. The van der Waals surface area contributed by atoms with Crippen molar-refractivity contribution in [2.24, 2.45) is 23.7 Å². The standard InChI is InChI=1S/C62H120O17P2/c1-9-55(8)41-33-25-18-21-29-37-45-62(67)79-58(49-73-60(65)43-35-27-19-16-23-31-39-53(4)5)51-77-81(70,71)75-47-56(63)46-74-80(68,69)76-50-57(78-61(66)44-36-28-20-17-24-32-40-54(6)7)48-72-59(64)42-34-26-15-13-11-10-12-14-22-30-38-52(2)3/h52-58,63H,9-51H2,1-8H3,(H,68,69)(H,70,71)/t55?,56-,57-,58-/m1/s1. The van der Waals surface area contributed by atoms with E-state index in [4.69, 9.17) is 37.0 Å². The van der Waals surface area contributed by atoms with Crippen LogP contribution in [0.4, 0.5) is 0 Å². The number of unbranched alkanes of at least 4 members (excludes halogenated alkanes) is 24. The number of esters is 4. The topological polar surface area (TPSA) is 237 Å². The van der Waals surface area contributed by atoms with Crippen LogP contribution in [0.25, 0.3) is 0 Å². The minimum absolute atomic E-state index is 0.101. The van der Waals surface area contributed by atoms with Crippen LogP contribution in [0, 0.1) is 23.7 Å². The summed E-state index contributed by atoms with van der Waals surface area (Å²) in [5, 5.41) is 10.5. The van der Waals surface area contributed by atoms with E-state index in [-0.39, 0.29) is 25.7 Å². The molecular weight excluding hydrogens is 1080 g/mol. The van der Waals surface area contributed by atoms with Gasteiger partial charge in [-0.3, -0.25) is 37.3 Å². The second-order valence-corrected chi connectivity index (χ2v) is 27.0. The second kappa shape index (κ2) is 52.4. The van der Waals surface area contributed by atoms with Gasteiger partial charge < -0.3 is 33.8 Å². The average Bonchev–Trinajstić information content (AvgIpc) is 3.41. The summed E-state index contributed by atoms with van der Waals surface area (Å²) in [6, 6.07) is 0. The van der Waals surface area contributed by atoms with Crippen LogP contribution < -0.4 is 0 Å². The van der Waals surface area contributed by atoms with Crippen LogP contribution >= 0.6 is 15.6 Å². The Kier molecular flexibility index (Phi) is 51.1. The lowest BCUT2D eigenvalue weighted by molar-refractivity contribution is -0.161. The quantitative estimate of drug-likeness (QED) is 0.0222. The molecule has 0 fully saturated rings. The molecule has 0 aromatic rings. The van der Waals surface area contributed by atoms with Gasteiger partial charge in [0.1, 0.15) is 19.3 Å². The maximum Gasteiger partial charge on any atom is 0.472 e. The predicted octanol–water partition coefficient (Wildman–Crippen LogP) is 16.6. The monoisotopic (exact) mass is 1200 g/mol. The van der Waals surface area contributed by atoms with E-state index in [0.717, 1.165) is 108 Å². The van der Waals surface area contributed by atoms with Gasteiger partial charge >= 0.3 is 39.5 Å². The molecule has 0 heterocycles. The van der Waals surface area contributed by atoms with Crippen molar-refractivity contribution >= 4 is 39.5 Å². The molecule has 0 aliphatic heterocycles. The fraction of sp³-hybridized carbons (Fsp3) is 0.935. The lowest BCUT2D eigenvalue weighted by Crippen LogP contribution is -2.30. The number of phosphoric ester groups is 2. The third-order valence-electron chi connectivity index (χ3n) is 14.4. The first-order chi connectivity index (χ1) is 38.6. The number of aliphatic hydroxyl groups is 1. The van der Waals surface area contributed by atoms with Gasteiger partial charge in [0.25, 0.3) is 0 Å². The molecule has 480 valence electrons. The van der Waals surface area contributed by atoms with E-state index in [1.165, 1.54) is 89.9 Å². The molecule has 0 spiro atoms. The van der Waals surface area contributed by atoms with Gasteiger partial charge in [-0.1, -0.05) is 242 Å². The summed E-state index contributed by atoms with van der Waals surface area (Å²) >= 11 is 0. The highest BCUT2D eigenvalue weighted by Gasteiger charge is 2.30. The van der Waals surface area contributed by atoms with Crippen LogP contribution in [-0.4, -0.2) is 96.7 Å². The highest BCUT2D eigenvalue weighted by atomic mass is 31.2. The summed E-state index contributed by atoms with van der Waals surface area (Å²) in [6.07, 6.45) is 31.1. The number of rotatable bonds is 59. The van der Waals surface area contributed by atoms with Crippen LogP contribution in [0.1, 0.15) is 293 Å². The van der Waals surface area contributed by atoms with E-state index in [9.17, 15) is 43.2 Å². The molecule has 6 atom stereocenters. The minimum Gasteiger partial charge on any atom is -0.462 e. The molecule has 0 amide bonds. The van der Waals surface area contributed by atoms with Crippen molar-refractivity contribution < 1.29 is 80.2 Å². The van der Waals surface area contributed by atoms with Crippen molar-refractivity contribution in [1.82, 2.24) is 0 Å². The van der Waals surface area contributed by atoms with E-state index < -0.39 is 97.5 Å². The summed E-state index contributed by atoms with van der Waals surface area (Å²) in [7, 11) is -9.88. The molecule has 3 unspecified atom stereocenters. The van der Waals surface area contributed by atoms with Crippen molar-refractivity contribution in [2.75, 3.05) is 39.6 Å². The van der Waals surface area contributed by atoms with Crippen LogP contribution in [0.2, 0.25) is 0 Å². The lowest BCUT2D eigenvalue weighted by atomic mass is 10.00. The maximum atomic E-state index is 12.9. The zero-order valence-corrected chi connectivity index (χ0v) is 54.2. The second-order valence-electron chi connectivity index (χ2n) is 24.1. The van der Waals surface area contributed by atoms with Gasteiger partial charge in [0.05, 0.1) is 26.4 Å². The molecule has 19 heteroatoms. The van der Waals surface area contributed by atoms with Gasteiger partial charge in [-0.25, -0.2) is 9.13 Å². The smallest absolute Gasteiger partial charge is 0.462 e. The number of aliphatic hydroxyl groups excluding tert-OH is 1. The van der Waals surface area contributed by atoms with E-state index in [0.29, 0.717) is 37.5 Å². The zero-order chi connectivity index (χ0) is 60.4. The Bertz CT molecular complexity index is 1630. The Balaban J connectivity index is 5.23. The molecule has 0 aromatic heterocycles. The molecule has 0 aliphatic rings.